The number of methoxy groups -OCH3 is 1. The van der Waals surface area contributed by atoms with Crippen molar-refractivity contribution in [1.82, 2.24) is 16.3 Å². The van der Waals surface area contributed by atoms with Crippen LogP contribution >= 0.6 is 12.2 Å². The van der Waals surface area contributed by atoms with Crippen molar-refractivity contribution in [2.75, 3.05) is 13.8 Å². The number of nitrogens with two attached hydrogens (primary N) is 1. The summed E-state index contributed by atoms with van der Waals surface area (Å²) in [5, 5.41) is 0.326. The topological polar surface area (TPSA) is 71.3 Å². The van der Waals surface area contributed by atoms with Crippen molar-refractivity contribution in [3.63, 3.8) is 0 Å². The Morgan fingerprint density at radius 1 is 1.78 bits per heavy atom. The number of thiocarbonyl (C=S) groups is 1. The van der Waals surface area contributed by atoms with Gasteiger partial charge >= 0.3 is 0 Å². The molecule has 0 aromatic rings. The van der Waals surface area contributed by atoms with Crippen LogP contribution in [0, 0.1) is 0 Å². The van der Waals surface area contributed by atoms with Crippen LogP contribution in [0.25, 0.3) is 0 Å². The smallest absolute Gasteiger partial charge is 0.195 e. The van der Waals surface area contributed by atoms with Crippen LogP contribution in [0.4, 0.5) is 0 Å². The van der Waals surface area contributed by atoms with Gasteiger partial charge in [0.2, 0.25) is 0 Å². The quantitative estimate of drug-likeness (QED) is 0.128. The Labute approximate surface area is 58.9 Å². The molecule has 0 saturated carbocycles. The molecule has 9 heavy (non-hydrogen) atoms. The second-order valence-corrected chi connectivity index (χ2v) is 1.62. The molecule has 0 aliphatic heterocycles. The van der Waals surface area contributed by atoms with Crippen LogP contribution in [-0.4, -0.2) is 19.0 Å². The number of rotatable bonds is 3. The highest BCUT2D eigenvalue weighted by Gasteiger charge is 1.85. The largest absolute Gasteiger partial charge is 0.368 e. The van der Waals surface area contributed by atoms with Crippen LogP contribution in [0.3, 0.4) is 0 Å². The Morgan fingerprint density at radius 3 is 2.89 bits per heavy atom. The molecule has 0 bridgehead atoms. The minimum Gasteiger partial charge on any atom is -0.368 e. The lowest BCUT2D eigenvalue weighted by Crippen LogP contribution is -2.47. The zero-order chi connectivity index (χ0) is 7.11. The number of hydrogen-bond donors (Lipinski definition) is 4. The summed E-state index contributed by atoms with van der Waals surface area (Å²) in [4.78, 5) is 0. The first-order chi connectivity index (χ1) is 4.31. The fourth-order valence-corrected chi connectivity index (χ4v) is 0.297. The molecule has 0 spiro atoms. The lowest BCUT2D eigenvalue weighted by atomic mass is 11.1. The Kier molecular flexibility index (Phi) is 5.43. The molecule has 0 rings (SSSR count). The predicted octanol–water partition coefficient (Wildman–Crippen LogP) is -1.57. The van der Waals surface area contributed by atoms with Crippen molar-refractivity contribution in [3.8, 4) is 0 Å². The fourth-order valence-electron chi connectivity index (χ4n) is 0.225. The van der Waals surface area contributed by atoms with E-state index < -0.39 is 0 Å². The summed E-state index contributed by atoms with van der Waals surface area (Å²) in [7, 11) is 1.56. The maximum Gasteiger partial charge on any atom is 0.195 e. The molecule has 0 aliphatic carbocycles. The van der Waals surface area contributed by atoms with Gasteiger partial charge in [0.1, 0.15) is 6.73 Å². The van der Waals surface area contributed by atoms with Gasteiger partial charge in [-0.25, -0.2) is 11.3 Å². The van der Waals surface area contributed by atoms with E-state index in [2.05, 4.69) is 33.2 Å². The molecule has 0 aromatic carbocycles. The van der Waals surface area contributed by atoms with Gasteiger partial charge in [0.25, 0.3) is 0 Å². The summed E-state index contributed by atoms with van der Waals surface area (Å²) in [6, 6.07) is 0. The molecule has 54 valence electrons. The van der Waals surface area contributed by atoms with Crippen molar-refractivity contribution in [3.05, 3.63) is 0 Å². The van der Waals surface area contributed by atoms with Crippen LogP contribution < -0.4 is 22.1 Å². The van der Waals surface area contributed by atoms with E-state index in [0.29, 0.717) is 11.8 Å². The summed E-state index contributed by atoms with van der Waals surface area (Å²) in [5.41, 5.74) is 7.41. The van der Waals surface area contributed by atoms with Crippen molar-refractivity contribution < 1.29 is 4.74 Å². The first kappa shape index (κ1) is 8.57. The molecule has 0 unspecified atom stereocenters. The molecule has 0 aromatic heterocycles. The van der Waals surface area contributed by atoms with E-state index in [1.807, 2.05) is 0 Å². The highest BCUT2D eigenvalue weighted by atomic mass is 32.1. The number of hydrazine groups is 2. The van der Waals surface area contributed by atoms with Crippen LogP contribution in [0.1, 0.15) is 0 Å². The standard InChI is InChI=1S/C3H10N4OS/c1-8-2-5-7-3(9)6-4/h5H,2,4H2,1H3,(H2,6,7,9). The molecule has 0 amide bonds. The first-order valence-corrected chi connectivity index (χ1v) is 2.70. The SMILES string of the molecule is COCNNC(=S)NN. The lowest BCUT2D eigenvalue weighted by molar-refractivity contribution is 0.169. The number of nitrogens with one attached hydrogen (secondary N) is 3. The molecule has 5 N–H and O–H groups in total. The van der Waals surface area contributed by atoms with Gasteiger partial charge in [-0.15, -0.1) is 0 Å². The van der Waals surface area contributed by atoms with Crippen LogP contribution in [0.2, 0.25) is 0 Å². The molecule has 0 saturated heterocycles. The molecular weight excluding hydrogens is 140 g/mol. The third-order valence-corrected chi connectivity index (χ3v) is 0.769. The van der Waals surface area contributed by atoms with Gasteiger partial charge < -0.3 is 4.74 Å². The van der Waals surface area contributed by atoms with E-state index in [0.717, 1.165) is 0 Å². The lowest BCUT2D eigenvalue weighted by Gasteiger charge is -2.06. The van der Waals surface area contributed by atoms with Crippen LogP contribution in [0.5, 0.6) is 0 Å². The average molecular weight is 150 g/mol. The summed E-state index contributed by atoms with van der Waals surface area (Å²) in [5.74, 6) is 4.92. The van der Waals surface area contributed by atoms with E-state index in [9.17, 15) is 0 Å². The fraction of sp³-hybridized carbons (Fsp3) is 0.667. The van der Waals surface area contributed by atoms with Crippen LogP contribution in [-0.2, 0) is 4.74 Å². The molecule has 0 heterocycles. The molecule has 0 aliphatic rings. The van der Waals surface area contributed by atoms with Crippen molar-refractivity contribution in [1.29, 1.82) is 0 Å². The van der Waals surface area contributed by atoms with Gasteiger partial charge in [0, 0.05) is 7.11 Å². The maximum absolute atomic E-state index is 4.92. The highest BCUT2D eigenvalue weighted by molar-refractivity contribution is 7.80. The van der Waals surface area contributed by atoms with Crippen molar-refractivity contribution >= 4 is 17.3 Å². The van der Waals surface area contributed by atoms with Gasteiger partial charge in [0.05, 0.1) is 0 Å². The molecule has 0 radical (unpaired) electrons. The predicted molar refractivity (Wildman–Crippen MR) is 38.1 cm³/mol. The highest BCUT2D eigenvalue weighted by Crippen LogP contribution is 1.57. The van der Waals surface area contributed by atoms with Gasteiger partial charge in [-0.1, -0.05) is 0 Å². The normalized spacial score (nSPS) is 8.67. The first-order valence-electron chi connectivity index (χ1n) is 2.29. The Bertz CT molecular complexity index is 87.9. The number of ether oxygens (including phenoxy) is 1. The van der Waals surface area contributed by atoms with E-state index in [1.54, 1.807) is 7.11 Å². The van der Waals surface area contributed by atoms with Gasteiger partial charge in [-0.3, -0.25) is 10.9 Å². The Balaban J connectivity index is 2.97. The minimum absolute atomic E-state index is 0.326. The van der Waals surface area contributed by atoms with Gasteiger partial charge in [-0.2, -0.15) is 0 Å². The Morgan fingerprint density at radius 2 is 2.44 bits per heavy atom. The summed E-state index contributed by atoms with van der Waals surface area (Å²) in [6.07, 6.45) is 0. The molecule has 0 atom stereocenters. The minimum atomic E-state index is 0.326. The molecule has 0 fully saturated rings. The van der Waals surface area contributed by atoms with E-state index in [-0.39, 0.29) is 0 Å². The van der Waals surface area contributed by atoms with E-state index in [4.69, 9.17) is 5.84 Å². The summed E-state index contributed by atoms with van der Waals surface area (Å²) in [6.45, 7) is 0.377. The van der Waals surface area contributed by atoms with Crippen LogP contribution in [0.15, 0.2) is 0 Å². The average Bonchev–Trinajstić information content (AvgIpc) is 1.89. The molecule has 6 heteroatoms. The summed E-state index contributed by atoms with van der Waals surface area (Å²) < 4.78 is 4.63. The monoisotopic (exact) mass is 150 g/mol. The van der Waals surface area contributed by atoms with Gasteiger partial charge in [-0.05, 0) is 12.2 Å². The zero-order valence-electron chi connectivity index (χ0n) is 5.10. The van der Waals surface area contributed by atoms with E-state index >= 15 is 0 Å². The second-order valence-electron chi connectivity index (χ2n) is 1.21. The van der Waals surface area contributed by atoms with Crippen molar-refractivity contribution in [2.24, 2.45) is 5.84 Å². The summed E-state index contributed by atoms with van der Waals surface area (Å²) >= 11 is 4.60. The zero-order valence-corrected chi connectivity index (χ0v) is 5.92. The third-order valence-electron chi connectivity index (χ3n) is 0.550. The number of hydrogen-bond acceptors (Lipinski definition) is 4. The Hall–Kier alpha value is -0.430. The van der Waals surface area contributed by atoms with Gasteiger partial charge in [0.15, 0.2) is 5.11 Å². The molecule has 5 nitrogen and oxygen atoms in total. The second kappa shape index (κ2) is 5.70. The molecular formula is C3H10N4OS. The van der Waals surface area contributed by atoms with E-state index in [1.165, 1.54) is 0 Å². The maximum atomic E-state index is 4.92. The van der Waals surface area contributed by atoms with Crippen molar-refractivity contribution in [2.45, 2.75) is 0 Å². The third kappa shape index (κ3) is 5.44.